The monoisotopic (exact) mass is 358 g/mol. The van der Waals surface area contributed by atoms with E-state index in [0.717, 1.165) is 48.8 Å². The van der Waals surface area contributed by atoms with Crippen LogP contribution in [-0.4, -0.2) is 37.7 Å². The van der Waals surface area contributed by atoms with Gasteiger partial charge in [0.05, 0.1) is 5.75 Å². The Morgan fingerprint density at radius 1 is 1.24 bits per heavy atom. The molecule has 4 rings (SSSR count). The van der Waals surface area contributed by atoms with Crippen LogP contribution in [0, 0.1) is 0 Å². The van der Waals surface area contributed by atoms with Crippen LogP contribution < -0.4 is 10.1 Å². The fourth-order valence-electron chi connectivity index (χ4n) is 3.32. The van der Waals surface area contributed by atoms with Gasteiger partial charge in [0.2, 0.25) is 5.16 Å². The lowest BCUT2D eigenvalue weighted by Crippen LogP contribution is -2.45. The van der Waals surface area contributed by atoms with Gasteiger partial charge in [0.25, 0.3) is 0 Å². The molecule has 1 fully saturated rings. The van der Waals surface area contributed by atoms with Crippen molar-refractivity contribution in [3.05, 3.63) is 24.3 Å². The fraction of sp³-hybridized carbons (Fsp3) is 0.412. The molecule has 1 aliphatic carbocycles. The van der Waals surface area contributed by atoms with Gasteiger partial charge in [-0.25, -0.2) is 4.98 Å². The molecule has 2 heterocycles. The summed E-state index contributed by atoms with van der Waals surface area (Å²) in [6.45, 7) is 0. The van der Waals surface area contributed by atoms with Crippen molar-refractivity contribution in [1.82, 2.24) is 15.2 Å². The molecular weight excluding hydrogens is 340 g/mol. The maximum atomic E-state index is 10.8. The number of carbonyl (C=O) groups is 1. The Morgan fingerprint density at radius 2 is 2.04 bits per heavy atom. The van der Waals surface area contributed by atoms with Gasteiger partial charge in [-0.3, -0.25) is 4.79 Å². The van der Waals surface area contributed by atoms with E-state index in [2.05, 4.69) is 20.5 Å². The van der Waals surface area contributed by atoms with Crippen molar-refractivity contribution >= 4 is 23.5 Å². The van der Waals surface area contributed by atoms with Crippen LogP contribution in [0.3, 0.4) is 0 Å². The Morgan fingerprint density at radius 3 is 2.84 bits per heavy atom. The zero-order chi connectivity index (χ0) is 17.3. The van der Waals surface area contributed by atoms with Crippen molar-refractivity contribution in [2.24, 2.45) is 0 Å². The standard InChI is InChI=1S/C17H18N4O3S/c22-13(23)10-25-16-18-15-14(20-21-16)11-6-2-3-7-12(11)24-17(19-15)8-4-1-5-9-17/h2-3,6-7H,1,4-5,8-10H2,(H,22,23)(H,18,19,21). The number of nitrogens with one attached hydrogen (secondary N) is 1. The van der Waals surface area contributed by atoms with E-state index < -0.39 is 11.7 Å². The summed E-state index contributed by atoms with van der Waals surface area (Å²) in [7, 11) is 0. The van der Waals surface area contributed by atoms with Gasteiger partial charge in [0.1, 0.15) is 11.4 Å². The van der Waals surface area contributed by atoms with E-state index >= 15 is 0 Å². The van der Waals surface area contributed by atoms with Gasteiger partial charge in [-0.2, -0.15) is 0 Å². The molecule has 1 aliphatic heterocycles. The third kappa shape index (κ3) is 3.26. The number of anilines is 1. The number of hydrogen-bond acceptors (Lipinski definition) is 7. The van der Waals surface area contributed by atoms with Crippen LogP contribution in [-0.2, 0) is 4.79 Å². The molecule has 25 heavy (non-hydrogen) atoms. The van der Waals surface area contributed by atoms with E-state index in [9.17, 15) is 4.79 Å². The molecule has 2 N–H and O–H groups in total. The van der Waals surface area contributed by atoms with Gasteiger partial charge in [0.15, 0.2) is 11.5 Å². The predicted octanol–water partition coefficient (Wildman–Crippen LogP) is 3.18. The second kappa shape index (κ2) is 6.51. The summed E-state index contributed by atoms with van der Waals surface area (Å²) in [6, 6.07) is 7.76. The molecule has 1 aromatic carbocycles. The Bertz CT molecular complexity index is 808. The highest BCUT2D eigenvalue weighted by atomic mass is 32.2. The Hall–Kier alpha value is -2.35. The van der Waals surface area contributed by atoms with Gasteiger partial charge < -0.3 is 15.2 Å². The Balaban J connectivity index is 1.77. The van der Waals surface area contributed by atoms with Crippen LogP contribution in [0.5, 0.6) is 5.75 Å². The maximum Gasteiger partial charge on any atom is 0.313 e. The van der Waals surface area contributed by atoms with Gasteiger partial charge in [-0.1, -0.05) is 30.3 Å². The molecule has 0 radical (unpaired) electrons. The molecule has 7 nitrogen and oxygen atoms in total. The molecule has 1 aromatic heterocycles. The lowest BCUT2D eigenvalue weighted by molar-refractivity contribution is -0.133. The number of rotatable bonds is 3. The van der Waals surface area contributed by atoms with Crippen LogP contribution in [0.4, 0.5) is 5.82 Å². The second-order valence-electron chi connectivity index (χ2n) is 6.25. The minimum Gasteiger partial charge on any atom is -0.481 e. The zero-order valence-corrected chi connectivity index (χ0v) is 14.4. The maximum absolute atomic E-state index is 10.8. The third-order valence-corrected chi connectivity index (χ3v) is 5.27. The molecule has 130 valence electrons. The largest absolute Gasteiger partial charge is 0.481 e. The lowest BCUT2D eigenvalue weighted by Gasteiger charge is -2.37. The molecule has 8 heteroatoms. The van der Waals surface area contributed by atoms with Crippen molar-refractivity contribution in [2.45, 2.75) is 43.0 Å². The number of thioether (sulfide) groups is 1. The number of aliphatic carboxylic acids is 1. The SMILES string of the molecule is O=C(O)CSc1nnc2c(n1)NC1(CCCCC1)Oc1ccccc1-2. The average molecular weight is 358 g/mol. The number of ether oxygens (including phenoxy) is 1. The van der Waals surface area contributed by atoms with Crippen LogP contribution in [0.25, 0.3) is 11.3 Å². The number of carboxylic acids is 1. The molecule has 0 unspecified atom stereocenters. The minimum absolute atomic E-state index is 0.0985. The molecule has 0 amide bonds. The first-order valence-electron chi connectivity index (χ1n) is 8.31. The van der Waals surface area contributed by atoms with Crippen LogP contribution in [0.15, 0.2) is 29.4 Å². The van der Waals surface area contributed by atoms with Gasteiger partial charge in [-0.05, 0) is 25.0 Å². The average Bonchev–Trinajstić information content (AvgIpc) is 2.74. The summed E-state index contributed by atoms with van der Waals surface area (Å²) in [6.07, 6.45) is 5.15. The van der Waals surface area contributed by atoms with Crippen LogP contribution in [0.1, 0.15) is 32.1 Å². The third-order valence-electron chi connectivity index (χ3n) is 4.45. The molecule has 0 atom stereocenters. The van der Waals surface area contributed by atoms with Crippen LogP contribution in [0.2, 0.25) is 0 Å². The van der Waals surface area contributed by atoms with Crippen molar-refractivity contribution in [2.75, 3.05) is 11.1 Å². The van der Waals surface area contributed by atoms with E-state index in [4.69, 9.17) is 9.84 Å². The summed E-state index contributed by atoms with van der Waals surface area (Å²) >= 11 is 1.06. The summed E-state index contributed by atoms with van der Waals surface area (Å²) < 4.78 is 6.39. The summed E-state index contributed by atoms with van der Waals surface area (Å²) in [5, 5.41) is 21.0. The molecular formula is C17H18N4O3S. The number of benzene rings is 1. The van der Waals surface area contributed by atoms with Gasteiger partial charge in [-0.15, -0.1) is 10.2 Å². The highest BCUT2D eigenvalue weighted by Crippen LogP contribution is 2.43. The first-order valence-corrected chi connectivity index (χ1v) is 9.30. The quantitative estimate of drug-likeness (QED) is 0.808. The molecule has 0 bridgehead atoms. The minimum atomic E-state index is -0.908. The molecule has 1 spiro atoms. The number of aromatic nitrogens is 3. The summed E-state index contributed by atoms with van der Waals surface area (Å²) in [5.74, 6) is 0.375. The van der Waals surface area contributed by atoms with Crippen molar-refractivity contribution < 1.29 is 14.6 Å². The van der Waals surface area contributed by atoms with E-state index in [1.165, 1.54) is 6.42 Å². The number of fused-ring (bicyclic) bond motifs is 3. The molecule has 2 aliphatic rings. The van der Waals surface area contributed by atoms with E-state index in [0.29, 0.717) is 16.7 Å². The highest BCUT2D eigenvalue weighted by molar-refractivity contribution is 7.99. The molecule has 0 saturated heterocycles. The van der Waals surface area contributed by atoms with E-state index in [1.54, 1.807) is 0 Å². The predicted molar refractivity (Wildman–Crippen MR) is 93.7 cm³/mol. The van der Waals surface area contributed by atoms with Crippen molar-refractivity contribution in [3.63, 3.8) is 0 Å². The summed E-state index contributed by atoms with van der Waals surface area (Å²) in [5.41, 5.74) is 0.990. The van der Waals surface area contributed by atoms with E-state index in [1.807, 2.05) is 24.3 Å². The number of nitrogens with zero attached hydrogens (tertiary/aromatic N) is 3. The first-order chi connectivity index (χ1) is 12.2. The topological polar surface area (TPSA) is 97.2 Å². The van der Waals surface area contributed by atoms with E-state index in [-0.39, 0.29) is 5.75 Å². The lowest BCUT2D eigenvalue weighted by atomic mass is 9.91. The zero-order valence-electron chi connectivity index (χ0n) is 13.6. The van der Waals surface area contributed by atoms with Gasteiger partial charge >= 0.3 is 5.97 Å². The second-order valence-corrected chi connectivity index (χ2v) is 7.19. The normalized spacial score (nSPS) is 17.6. The smallest absolute Gasteiger partial charge is 0.313 e. The number of hydrogen-bond donors (Lipinski definition) is 2. The van der Waals surface area contributed by atoms with Crippen molar-refractivity contribution in [1.29, 1.82) is 0 Å². The number of para-hydroxylation sites is 1. The summed E-state index contributed by atoms with van der Waals surface area (Å²) in [4.78, 5) is 15.3. The highest BCUT2D eigenvalue weighted by Gasteiger charge is 2.38. The Labute approximate surface area is 149 Å². The van der Waals surface area contributed by atoms with Gasteiger partial charge in [0, 0.05) is 18.4 Å². The van der Waals surface area contributed by atoms with Crippen molar-refractivity contribution in [3.8, 4) is 17.0 Å². The molecule has 2 aromatic rings. The molecule has 1 saturated carbocycles. The fourth-order valence-corrected chi connectivity index (χ4v) is 3.83. The first kappa shape index (κ1) is 16.1. The number of carboxylic acid groups (broad SMARTS) is 1. The van der Waals surface area contributed by atoms with Crippen LogP contribution >= 0.6 is 11.8 Å². The Kier molecular flexibility index (Phi) is 4.20.